The van der Waals surface area contributed by atoms with Gasteiger partial charge in [0.1, 0.15) is 5.75 Å². The molecule has 1 heterocycles. The normalized spacial score (nSPS) is 10.6. The van der Waals surface area contributed by atoms with Gasteiger partial charge >= 0.3 is 0 Å². The molecule has 0 saturated carbocycles. The highest BCUT2D eigenvalue weighted by Crippen LogP contribution is 2.29. The zero-order chi connectivity index (χ0) is 13.2. The van der Waals surface area contributed by atoms with Crippen LogP contribution in [0.5, 0.6) is 11.6 Å². The summed E-state index contributed by atoms with van der Waals surface area (Å²) in [6.45, 7) is 4.02. The van der Waals surface area contributed by atoms with E-state index in [1.165, 1.54) is 5.39 Å². The predicted molar refractivity (Wildman–Crippen MR) is 77.7 cm³/mol. The van der Waals surface area contributed by atoms with E-state index in [9.17, 15) is 0 Å². The summed E-state index contributed by atoms with van der Waals surface area (Å²) in [7, 11) is 0. The Kier molecular flexibility index (Phi) is 2.92. The first-order valence-electron chi connectivity index (χ1n) is 6.33. The number of aromatic nitrogens is 1. The van der Waals surface area contributed by atoms with E-state index in [1.807, 2.05) is 50.2 Å². The number of ether oxygens (including phenoxy) is 1. The van der Waals surface area contributed by atoms with Crippen LogP contribution in [-0.4, -0.2) is 4.98 Å². The maximum atomic E-state index is 5.94. The number of hydrogen-bond acceptors (Lipinski definition) is 2. The second-order valence-electron chi connectivity index (χ2n) is 4.70. The van der Waals surface area contributed by atoms with E-state index in [4.69, 9.17) is 4.74 Å². The molecule has 19 heavy (non-hydrogen) atoms. The van der Waals surface area contributed by atoms with Crippen molar-refractivity contribution < 1.29 is 4.74 Å². The summed E-state index contributed by atoms with van der Waals surface area (Å²) in [6.07, 6.45) is 0. The van der Waals surface area contributed by atoms with Gasteiger partial charge in [0, 0.05) is 17.1 Å². The largest absolute Gasteiger partial charge is 0.438 e. The summed E-state index contributed by atoms with van der Waals surface area (Å²) >= 11 is 0. The average Bonchev–Trinajstić information content (AvgIpc) is 2.38. The molecule has 0 fully saturated rings. The van der Waals surface area contributed by atoms with Crippen LogP contribution in [0.3, 0.4) is 0 Å². The summed E-state index contributed by atoms with van der Waals surface area (Å²) in [5.41, 5.74) is 2.12. The van der Waals surface area contributed by atoms with Crippen molar-refractivity contribution in [3.63, 3.8) is 0 Å². The molecule has 0 saturated heterocycles. The molecule has 2 aromatic carbocycles. The first kappa shape index (κ1) is 11.7. The molecule has 0 aliphatic heterocycles. The molecule has 0 radical (unpaired) electrons. The summed E-state index contributed by atoms with van der Waals surface area (Å²) in [6, 6.07) is 18.2. The first-order chi connectivity index (χ1) is 9.22. The van der Waals surface area contributed by atoms with Gasteiger partial charge < -0.3 is 4.74 Å². The van der Waals surface area contributed by atoms with Crippen molar-refractivity contribution in [2.75, 3.05) is 0 Å². The van der Waals surface area contributed by atoms with Gasteiger partial charge in [-0.3, -0.25) is 0 Å². The predicted octanol–water partition coefficient (Wildman–Crippen LogP) is 4.64. The smallest absolute Gasteiger partial charge is 0.219 e. The van der Waals surface area contributed by atoms with E-state index >= 15 is 0 Å². The van der Waals surface area contributed by atoms with Crippen LogP contribution in [0.2, 0.25) is 0 Å². The number of aryl methyl sites for hydroxylation is 2. The fourth-order valence-corrected chi connectivity index (χ4v) is 2.25. The third-order valence-electron chi connectivity index (χ3n) is 3.04. The van der Waals surface area contributed by atoms with Crippen LogP contribution in [0, 0.1) is 13.8 Å². The minimum atomic E-state index is 0.647. The molecular weight excluding hydrogens is 234 g/mol. The molecule has 2 nitrogen and oxygen atoms in total. The van der Waals surface area contributed by atoms with Crippen molar-refractivity contribution in [1.29, 1.82) is 0 Å². The standard InChI is InChI=1S/C17H15NO/c1-12-10-13(2)18-17(11-12)19-16-9-5-7-14-6-3-4-8-15(14)16/h3-11H,1-2H3. The zero-order valence-electron chi connectivity index (χ0n) is 11.1. The third-order valence-corrected chi connectivity index (χ3v) is 3.04. The molecule has 0 bridgehead atoms. The Balaban J connectivity index is 2.05. The number of pyridine rings is 1. The summed E-state index contributed by atoms with van der Waals surface area (Å²) < 4.78 is 5.94. The van der Waals surface area contributed by atoms with Gasteiger partial charge in [-0.1, -0.05) is 36.4 Å². The molecular formula is C17H15NO. The van der Waals surface area contributed by atoms with Crippen molar-refractivity contribution in [2.24, 2.45) is 0 Å². The molecule has 0 unspecified atom stereocenters. The van der Waals surface area contributed by atoms with Gasteiger partial charge in [0.05, 0.1) is 0 Å². The Morgan fingerprint density at radius 1 is 0.895 bits per heavy atom. The van der Waals surface area contributed by atoms with E-state index in [-0.39, 0.29) is 0 Å². The molecule has 1 aromatic heterocycles. The van der Waals surface area contributed by atoms with Crippen molar-refractivity contribution in [3.05, 3.63) is 65.9 Å². The van der Waals surface area contributed by atoms with Gasteiger partial charge in [-0.05, 0) is 36.9 Å². The SMILES string of the molecule is Cc1cc(C)nc(Oc2cccc3ccccc23)c1. The molecule has 0 atom stereocenters. The second kappa shape index (κ2) is 4.73. The number of fused-ring (bicyclic) bond motifs is 1. The molecule has 0 spiro atoms. The van der Waals surface area contributed by atoms with Crippen LogP contribution in [0.15, 0.2) is 54.6 Å². The Hall–Kier alpha value is -2.35. The van der Waals surface area contributed by atoms with Gasteiger partial charge in [-0.25, -0.2) is 4.98 Å². The van der Waals surface area contributed by atoms with Gasteiger partial charge in [0.25, 0.3) is 0 Å². The Morgan fingerprint density at radius 2 is 1.68 bits per heavy atom. The number of nitrogens with zero attached hydrogens (tertiary/aromatic N) is 1. The molecule has 0 amide bonds. The molecule has 2 heteroatoms. The van der Waals surface area contributed by atoms with Gasteiger partial charge in [-0.15, -0.1) is 0 Å². The van der Waals surface area contributed by atoms with Crippen molar-refractivity contribution in [2.45, 2.75) is 13.8 Å². The van der Waals surface area contributed by atoms with Crippen LogP contribution < -0.4 is 4.74 Å². The minimum Gasteiger partial charge on any atom is -0.438 e. The van der Waals surface area contributed by atoms with E-state index in [0.29, 0.717) is 5.88 Å². The fourth-order valence-electron chi connectivity index (χ4n) is 2.25. The summed E-state index contributed by atoms with van der Waals surface area (Å²) in [5, 5.41) is 2.27. The fraction of sp³-hybridized carbons (Fsp3) is 0.118. The maximum Gasteiger partial charge on any atom is 0.219 e. The number of hydrogen-bond donors (Lipinski definition) is 0. The zero-order valence-corrected chi connectivity index (χ0v) is 11.1. The molecule has 0 aliphatic carbocycles. The lowest BCUT2D eigenvalue weighted by Gasteiger charge is -2.09. The molecule has 3 aromatic rings. The lowest BCUT2D eigenvalue weighted by molar-refractivity contribution is 0.466. The average molecular weight is 249 g/mol. The lowest BCUT2D eigenvalue weighted by Crippen LogP contribution is -1.92. The highest BCUT2D eigenvalue weighted by molar-refractivity contribution is 5.88. The molecule has 3 rings (SSSR count). The Labute approximate surface area is 112 Å². The topological polar surface area (TPSA) is 22.1 Å². The van der Waals surface area contributed by atoms with Gasteiger partial charge in [-0.2, -0.15) is 0 Å². The molecule has 94 valence electrons. The Morgan fingerprint density at radius 3 is 2.53 bits per heavy atom. The van der Waals surface area contributed by atoms with Gasteiger partial charge in [0.2, 0.25) is 5.88 Å². The van der Waals surface area contributed by atoms with Crippen LogP contribution in [0.4, 0.5) is 0 Å². The molecule has 0 N–H and O–H groups in total. The quantitative estimate of drug-likeness (QED) is 0.659. The van der Waals surface area contributed by atoms with Crippen molar-refractivity contribution in [1.82, 2.24) is 4.98 Å². The first-order valence-corrected chi connectivity index (χ1v) is 6.33. The Bertz CT molecular complexity index is 709. The van der Waals surface area contributed by atoms with Crippen LogP contribution in [0.25, 0.3) is 10.8 Å². The third kappa shape index (κ3) is 2.43. The number of rotatable bonds is 2. The highest BCUT2D eigenvalue weighted by atomic mass is 16.5. The molecule has 0 aliphatic rings. The van der Waals surface area contributed by atoms with Crippen LogP contribution >= 0.6 is 0 Å². The minimum absolute atomic E-state index is 0.647. The lowest BCUT2D eigenvalue weighted by atomic mass is 10.1. The summed E-state index contributed by atoms with van der Waals surface area (Å²) in [5.74, 6) is 1.49. The van der Waals surface area contributed by atoms with Crippen LogP contribution in [-0.2, 0) is 0 Å². The van der Waals surface area contributed by atoms with Crippen molar-refractivity contribution >= 4 is 10.8 Å². The second-order valence-corrected chi connectivity index (χ2v) is 4.70. The highest BCUT2D eigenvalue weighted by Gasteiger charge is 2.04. The van der Waals surface area contributed by atoms with E-state index < -0.39 is 0 Å². The number of benzene rings is 2. The van der Waals surface area contributed by atoms with E-state index in [2.05, 4.69) is 23.2 Å². The van der Waals surface area contributed by atoms with E-state index in [0.717, 1.165) is 22.4 Å². The summed E-state index contributed by atoms with van der Waals surface area (Å²) in [4.78, 5) is 4.41. The maximum absolute atomic E-state index is 5.94. The monoisotopic (exact) mass is 249 g/mol. The van der Waals surface area contributed by atoms with Gasteiger partial charge in [0.15, 0.2) is 0 Å². The van der Waals surface area contributed by atoms with E-state index in [1.54, 1.807) is 0 Å². The van der Waals surface area contributed by atoms with Crippen molar-refractivity contribution in [3.8, 4) is 11.6 Å². The van der Waals surface area contributed by atoms with Crippen LogP contribution in [0.1, 0.15) is 11.3 Å².